The lowest BCUT2D eigenvalue weighted by atomic mass is 10.1. The molecule has 0 spiro atoms. The molecule has 0 saturated heterocycles. The lowest BCUT2D eigenvalue weighted by molar-refractivity contribution is -0.111. The van der Waals surface area contributed by atoms with E-state index in [2.05, 4.69) is 26.6 Å². The minimum Gasteiger partial charge on any atom is -0.496 e. The molecule has 2 aromatic carbocycles. The van der Waals surface area contributed by atoms with E-state index in [1.54, 1.807) is 44.5 Å². The van der Waals surface area contributed by atoms with Crippen LogP contribution in [0.1, 0.15) is 15.9 Å². The number of methoxy groups -OCH3 is 1. The predicted molar refractivity (Wildman–Crippen MR) is 98.2 cm³/mol. The second-order valence-electron chi connectivity index (χ2n) is 4.87. The van der Waals surface area contributed by atoms with Crippen molar-refractivity contribution in [3.8, 4) is 5.75 Å². The van der Waals surface area contributed by atoms with Gasteiger partial charge in [-0.05, 0) is 42.5 Å². The number of rotatable bonds is 5. The maximum absolute atomic E-state index is 12.1. The molecule has 0 aromatic heterocycles. The number of hydrogen-bond acceptors (Lipinski definition) is 3. The molecule has 0 saturated carbocycles. The van der Waals surface area contributed by atoms with E-state index in [9.17, 15) is 9.59 Å². The summed E-state index contributed by atoms with van der Waals surface area (Å²) in [5, 5.41) is 5.27. The molecule has 0 radical (unpaired) electrons. The molecule has 2 N–H and O–H groups in total. The largest absolute Gasteiger partial charge is 0.496 e. The number of benzene rings is 2. The third-order valence-electron chi connectivity index (χ3n) is 3.23. The van der Waals surface area contributed by atoms with E-state index in [0.29, 0.717) is 17.0 Å². The highest BCUT2D eigenvalue weighted by atomic mass is 79.9. The van der Waals surface area contributed by atoms with E-state index in [1.807, 2.05) is 18.2 Å². The number of ether oxygens (including phenoxy) is 1. The van der Waals surface area contributed by atoms with E-state index in [-0.39, 0.29) is 11.8 Å². The second kappa shape index (κ2) is 8.31. The van der Waals surface area contributed by atoms with Gasteiger partial charge in [-0.25, -0.2) is 0 Å². The van der Waals surface area contributed by atoms with Crippen LogP contribution in [0, 0.1) is 0 Å². The third kappa shape index (κ3) is 4.70. The summed E-state index contributed by atoms with van der Waals surface area (Å²) in [4.78, 5) is 23.7. The number of nitrogens with one attached hydrogen (secondary N) is 2. The van der Waals surface area contributed by atoms with Crippen molar-refractivity contribution in [2.75, 3.05) is 19.5 Å². The number of hydrogen-bond donors (Lipinski definition) is 2. The molecule has 2 amide bonds. The molecule has 0 aliphatic heterocycles. The van der Waals surface area contributed by atoms with Gasteiger partial charge in [-0.3, -0.25) is 9.59 Å². The Bertz CT molecular complexity index is 788. The van der Waals surface area contributed by atoms with Crippen LogP contribution in [-0.2, 0) is 4.79 Å². The molecule has 0 fully saturated rings. The Kier molecular flexibility index (Phi) is 6.14. The number of anilines is 1. The Morgan fingerprint density at radius 3 is 2.67 bits per heavy atom. The van der Waals surface area contributed by atoms with Crippen molar-refractivity contribution in [1.82, 2.24) is 5.32 Å². The SMILES string of the molecule is CNC(=O)c1cccc(NC(=O)/C=C/c2cc(Br)ccc2OC)c1. The summed E-state index contributed by atoms with van der Waals surface area (Å²) in [5.41, 5.74) is 1.81. The fourth-order valence-corrected chi connectivity index (χ4v) is 2.45. The van der Waals surface area contributed by atoms with Gasteiger partial charge in [-0.1, -0.05) is 22.0 Å². The molecule has 2 rings (SSSR count). The Balaban J connectivity index is 2.11. The summed E-state index contributed by atoms with van der Waals surface area (Å²) in [7, 11) is 3.13. The van der Waals surface area contributed by atoms with Crippen LogP contribution in [0.15, 0.2) is 53.0 Å². The summed E-state index contributed by atoms with van der Waals surface area (Å²) in [6.45, 7) is 0. The van der Waals surface area contributed by atoms with Crippen molar-refractivity contribution >= 4 is 39.5 Å². The van der Waals surface area contributed by atoms with Crippen molar-refractivity contribution in [2.24, 2.45) is 0 Å². The Labute approximate surface area is 148 Å². The molecule has 0 aliphatic carbocycles. The zero-order valence-corrected chi connectivity index (χ0v) is 14.9. The fourth-order valence-electron chi connectivity index (χ4n) is 2.07. The van der Waals surface area contributed by atoms with Crippen molar-refractivity contribution in [1.29, 1.82) is 0 Å². The highest BCUT2D eigenvalue weighted by Gasteiger charge is 2.05. The zero-order valence-electron chi connectivity index (χ0n) is 13.3. The van der Waals surface area contributed by atoms with Crippen molar-refractivity contribution < 1.29 is 14.3 Å². The highest BCUT2D eigenvalue weighted by molar-refractivity contribution is 9.10. The summed E-state index contributed by atoms with van der Waals surface area (Å²) in [6.07, 6.45) is 3.08. The van der Waals surface area contributed by atoms with Crippen LogP contribution in [0.4, 0.5) is 5.69 Å². The fraction of sp³-hybridized carbons (Fsp3) is 0.111. The van der Waals surface area contributed by atoms with Crippen LogP contribution in [0.3, 0.4) is 0 Å². The molecule has 124 valence electrons. The monoisotopic (exact) mass is 388 g/mol. The Hall–Kier alpha value is -2.60. The van der Waals surface area contributed by atoms with E-state index in [4.69, 9.17) is 4.74 Å². The average molecular weight is 389 g/mol. The average Bonchev–Trinajstić information content (AvgIpc) is 2.59. The number of carbonyl (C=O) groups is 2. The first kappa shape index (κ1) is 17.7. The molecule has 5 nitrogen and oxygen atoms in total. The number of amides is 2. The van der Waals surface area contributed by atoms with Crippen LogP contribution in [0.25, 0.3) is 6.08 Å². The second-order valence-corrected chi connectivity index (χ2v) is 5.78. The van der Waals surface area contributed by atoms with Gasteiger partial charge in [0.2, 0.25) is 5.91 Å². The van der Waals surface area contributed by atoms with Crippen LogP contribution >= 0.6 is 15.9 Å². The summed E-state index contributed by atoms with van der Waals surface area (Å²) in [5.74, 6) is 0.162. The van der Waals surface area contributed by atoms with Gasteiger partial charge in [0, 0.05) is 34.4 Å². The normalized spacial score (nSPS) is 10.5. The van der Waals surface area contributed by atoms with Crippen molar-refractivity contribution in [3.63, 3.8) is 0 Å². The molecule has 2 aromatic rings. The summed E-state index contributed by atoms with van der Waals surface area (Å²) >= 11 is 3.39. The zero-order chi connectivity index (χ0) is 17.5. The molecular weight excluding hydrogens is 372 g/mol. The molecule has 0 bridgehead atoms. The lowest BCUT2D eigenvalue weighted by Gasteiger charge is -2.06. The van der Waals surface area contributed by atoms with Gasteiger partial charge in [0.05, 0.1) is 7.11 Å². The van der Waals surface area contributed by atoms with Gasteiger partial charge in [-0.2, -0.15) is 0 Å². The smallest absolute Gasteiger partial charge is 0.251 e. The molecule has 0 aliphatic rings. The van der Waals surface area contributed by atoms with Gasteiger partial charge in [-0.15, -0.1) is 0 Å². The van der Waals surface area contributed by atoms with Crippen LogP contribution in [0.2, 0.25) is 0 Å². The number of halogens is 1. The Morgan fingerprint density at radius 2 is 1.96 bits per heavy atom. The van der Waals surface area contributed by atoms with Gasteiger partial charge in [0.25, 0.3) is 5.91 Å². The number of carbonyl (C=O) groups excluding carboxylic acids is 2. The minimum absolute atomic E-state index is 0.208. The van der Waals surface area contributed by atoms with Crippen LogP contribution < -0.4 is 15.4 Å². The van der Waals surface area contributed by atoms with E-state index in [1.165, 1.54) is 6.08 Å². The molecular formula is C18H17BrN2O3. The maximum atomic E-state index is 12.1. The summed E-state index contributed by atoms with van der Waals surface area (Å²) < 4.78 is 6.15. The predicted octanol–water partition coefficient (Wildman–Crippen LogP) is 3.47. The quantitative estimate of drug-likeness (QED) is 0.770. The summed E-state index contributed by atoms with van der Waals surface area (Å²) in [6, 6.07) is 12.3. The first-order valence-corrected chi connectivity index (χ1v) is 7.97. The van der Waals surface area contributed by atoms with Crippen LogP contribution in [0.5, 0.6) is 5.75 Å². The molecule has 0 unspecified atom stereocenters. The highest BCUT2D eigenvalue weighted by Crippen LogP contribution is 2.24. The van der Waals surface area contributed by atoms with Crippen molar-refractivity contribution in [2.45, 2.75) is 0 Å². The maximum Gasteiger partial charge on any atom is 0.251 e. The molecule has 0 heterocycles. The van der Waals surface area contributed by atoms with Gasteiger partial charge in [0.15, 0.2) is 0 Å². The topological polar surface area (TPSA) is 67.4 Å². The first-order valence-electron chi connectivity index (χ1n) is 7.18. The van der Waals surface area contributed by atoms with Crippen LogP contribution in [-0.4, -0.2) is 26.0 Å². The third-order valence-corrected chi connectivity index (χ3v) is 3.72. The van der Waals surface area contributed by atoms with E-state index < -0.39 is 0 Å². The van der Waals surface area contributed by atoms with Crippen molar-refractivity contribution in [3.05, 3.63) is 64.1 Å². The Morgan fingerprint density at radius 1 is 1.17 bits per heavy atom. The lowest BCUT2D eigenvalue weighted by Crippen LogP contribution is -2.18. The molecule has 24 heavy (non-hydrogen) atoms. The minimum atomic E-state index is -0.300. The standard InChI is InChI=1S/C18H17BrN2O3/c1-20-18(23)13-4-3-5-15(11-13)21-17(22)9-6-12-10-14(19)7-8-16(12)24-2/h3-11H,1-2H3,(H,20,23)(H,21,22)/b9-6+. The van der Waals surface area contributed by atoms with E-state index in [0.717, 1.165) is 10.0 Å². The van der Waals surface area contributed by atoms with E-state index >= 15 is 0 Å². The van der Waals surface area contributed by atoms with Gasteiger partial charge < -0.3 is 15.4 Å². The van der Waals surface area contributed by atoms with Gasteiger partial charge >= 0.3 is 0 Å². The first-order chi connectivity index (χ1) is 11.5. The molecule has 6 heteroatoms. The van der Waals surface area contributed by atoms with Gasteiger partial charge in [0.1, 0.15) is 5.75 Å². The molecule has 0 atom stereocenters.